The number of aromatic nitrogens is 1. The third-order valence-electron chi connectivity index (χ3n) is 2.76. The monoisotopic (exact) mass is 292 g/mol. The Kier molecular flexibility index (Phi) is 6.39. The Labute approximate surface area is 123 Å². The molecule has 1 aromatic heterocycles. The van der Waals surface area contributed by atoms with Gasteiger partial charge >= 0.3 is 5.97 Å². The second-order valence-electron chi connectivity index (χ2n) is 4.69. The molecule has 0 saturated carbocycles. The molecule has 1 heterocycles. The van der Waals surface area contributed by atoms with Gasteiger partial charge in [0.2, 0.25) is 0 Å². The Morgan fingerprint density at radius 1 is 1.43 bits per heavy atom. The van der Waals surface area contributed by atoms with Crippen molar-refractivity contribution in [1.82, 2.24) is 10.3 Å². The van der Waals surface area contributed by atoms with Gasteiger partial charge in [-0.15, -0.1) is 0 Å². The van der Waals surface area contributed by atoms with E-state index < -0.39 is 17.4 Å². The number of pyridine rings is 1. The number of aromatic amines is 1. The number of rotatable bonds is 6. The molecule has 0 spiro atoms. The molecular formula is C15H20N2O4. The van der Waals surface area contributed by atoms with Crippen LogP contribution in [0.2, 0.25) is 0 Å². The van der Waals surface area contributed by atoms with E-state index >= 15 is 0 Å². The van der Waals surface area contributed by atoms with Crippen LogP contribution in [0.25, 0.3) is 0 Å². The summed E-state index contributed by atoms with van der Waals surface area (Å²) in [5, 5.41) is 2.55. The molecule has 6 nitrogen and oxygen atoms in total. The minimum absolute atomic E-state index is 0.0609. The van der Waals surface area contributed by atoms with Crippen molar-refractivity contribution >= 4 is 11.9 Å². The van der Waals surface area contributed by atoms with Crippen LogP contribution in [-0.2, 0) is 9.53 Å². The minimum Gasteiger partial charge on any atom is -0.463 e. The molecule has 0 aliphatic rings. The van der Waals surface area contributed by atoms with Crippen molar-refractivity contribution in [3.63, 3.8) is 0 Å². The maximum Gasteiger partial charge on any atom is 0.330 e. The predicted molar refractivity (Wildman–Crippen MR) is 79.3 cm³/mol. The number of ether oxygens (including phenoxy) is 1. The van der Waals surface area contributed by atoms with Crippen LogP contribution in [0.4, 0.5) is 0 Å². The molecule has 0 aliphatic carbocycles. The van der Waals surface area contributed by atoms with Crippen molar-refractivity contribution in [2.75, 3.05) is 13.2 Å². The summed E-state index contributed by atoms with van der Waals surface area (Å²) in [5.74, 6) is -0.740. The maximum atomic E-state index is 11.9. The SMILES string of the molecule is CCOC(=O)/C=C/CNC(=O)c1cc(C(C)C)c[nH]c1=O. The molecule has 0 radical (unpaired) electrons. The molecular weight excluding hydrogens is 272 g/mol. The number of amides is 1. The van der Waals surface area contributed by atoms with Gasteiger partial charge in [0.1, 0.15) is 5.56 Å². The first-order valence-corrected chi connectivity index (χ1v) is 6.79. The Bertz CT molecular complexity index is 588. The number of hydrogen-bond acceptors (Lipinski definition) is 4. The highest BCUT2D eigenvalue weighted by molar-refractivity contribution is 5.94. The van der Waals surface area contributed by atoms with Crippen molar-refractivity contribution in [2.45, 2.75) is 26.7 Å². The lowest BCUT2D eigenvalue weighted by Gasteiger charge is -2.07. The van der Waals surface area contributed by atoms with E-state index in [0.717, 1.165) is 5.56 Å². The number of carbonyl (C=O) groups excluding carboxylic acids is 2. The van der Waals surface area contributed by atoms with E-state index in [-0.39, 0.29) is 18.0 Å². The molecule has 21 heavy (non-hydrogen) atoms. The van der Waals surface area contributed by atoms with Gasteiger partial charge in [-0.2, -0.15) is 0 Å². The summed E-state index contributed by atoms with van der Waals surface area (Å²) in [7, 11) is 0. The van der Waals surface area contributed by atoms with Crippen molar-refractivity contribution in [3.05, 3.63) is 45.9 Å². The summed E-state index contributed by atoms with van der Waals surface area (Å²) in [6, 6.07) is 1.58. The number of carbonyl (C=O) groups is 2. The second kappa shape index (κ2) is 8.04. The normalized spacial score (nSPS) is 10.9. The average molecular weight is 292 g/mol. The molecule has 0 unspecified atom stereocenters. The molecule has 0 aromatic carbocycles. The fourth-order valence-corrected chi connectivity index (χ4v) is 1.59. The predicted octanol–water partition coefficient (Wildman–Crippen LogP) is 1.35. The Hall–Kier alpha value is -2.37. The standard InChI is InChI=1S/C15H20N2O4/c1-4-21-13(18)6-5-7-16-14(19)12-8-11(10(2)3)9-17-15(12)20/h5-6,8-10H,4,7H2,1-3H3,(H,16,19)(H,17,20)/b6-5+. The smallest absolute Gasteiger partial charge is 0.330 e. The molecule has 114 valence electrons. The Morgan fingerprint density at radius 3 is 2.76 bits per heavy atom. The largest absolute Gasteiger partial charge is 0.463 e. The molecule has 1 amide bonds. The van der Waals surface area contributed by atoms with Gasteiger partial charge < -0.3 is 15.0 Å². The molecule has 0 bridgehead atoms. The van der Waals surface area contributed by atoms with E-state index in [1.807, 2.05) is 13.8 Å². The van der Waals surface area contributed by atoms with Crippen LogP contribution in [0.1, 0.15) is 42.6 Å². The Balaban J connectivity index is 2.66. The number of esters is 1. The van der Waals surface area contributed by atoms with Crippen LogP contribution >= 0.6 is 0 Å². The lowest BCUT2D eigenvalue weighted by atomic mass is 10.0. The van der Waals surface area contributed by atoms with Crippen LogP contribution in [0, 0.1) is 0 Å². The van der Waals surface area contributed by atoms with E-state index in [1.165, 1.54) is 12.2 Å². The van der Waals surface area contributed by atoms with Gasteiger partial charge in [-0.05, 0) is 24.5 Å². The molecule has 0 saturated heterocycles. The molecule has 0 aliphatic heterocycles. The summed E-state index contributed by atoms with van der Waals surface area (Å²) >= 11 is 0. The highest BCUT2D eigenvalue weighted by Gasteiger charge is 2.11. The minimum atomic E-state index is -0.479. The van der Waals surface area contributed by atoms with Crippen molar-refractivity contribution in [2.24, 2.45) is 0 Å². The highest BCUT2D eigenvalue weighted by Crippen LogP contribution is 2.12. The fourth-order valence-electron chi connectivity index (χ4n) is 1.59. The topological polar surface area (TPSA) is 88.3 Å². The van der Waals surface area contributed by atoms with Gasteiger partial charge in [0.05, 0.1) is 6.61 Å². The van der Waals surface area contributed by atoms with E-state index in [4.69, 9.17) is 4.74 Å². The van der Waals surface area contributed by atoms with Crippen LogP contribution in [0.3, 0.4) is 0 Å². The van der Waals surface area contributed by atoms with E-state index in [2.05, 4.69) is 10.3 Å². The zero-order valence-corrected chi connectivity index (χ0v) is 12.4. The third-order valence-corrected chi connectivity index (χ3v) is 2.76. The molecule has 0 atom stereocenters. The fraction of sp³-hybridized carbons (Fsp3) is 0.400. The molecule has 2 N–H and O–H groups in total. The van der Waals surface area contributed by atoms with Gasteiger partial charge in [0, 0.05) is 18.8 Å². The lowest BCUT2D eigenvalue weighted by Crippen LogP contribution is -2.30. The van der Waals surface area contributed by atoms with Crippen LogP contribution in [0.15, 0.2) is 29.2 Å². The van der Waals surface area contributed by atoms with Gasteiger partial charge in [-0.3, -0.25) is 9.59 Å². The van der Waals surface area contributed by atoms with Crippen molar-refractivity contribution < 1.29 is 14.3 Å². The van der Waals surface area contributed by atoms with E-state index in [1.54, 1.807) is 19.2 Å². The summed E-state index contributed by atoms with van der Waals surface area (Å²) in [6.45, 7) is 6.09. The lowest BCUT2D eigenvalue weighted by molar-refractivity contribution is -0.137. The van der Waals surface area contributed by atoms with Gasteiger partial charge in [0.15, 0.2) is 0 Å². The van der Waals surface area contributed by atoms with Gasteiger partial charge in [0.25, 0.3) is 11.5 Å². The quantitative estimate of drug-likeness (QED) is 0.612. The number of nitrogens with one attached hydrogen (secondary N) is 2. The Morgan fingerprint density at radius 2 is 2.14 bits per heavy atom. The van der Waals surface area contributed by atoms with Crippen molar-refractivity contribution in [3.8, 4) is 0 Å². The molecule has 1 rings (SSSR count). The zero-order chi connectivity index (χ0) is 15.8. The number of H-pyrrole nitrogens is 1. The van der Waals surface area contributed by atoms with Crippen LogP contribution in [-0.4, -0.2) is 30.0 Å². The summed E-state index contributed by atoms with van der Waals surface area (Å²) in [5.41, 5.74) is 0.499. The van der Waals surface area contributed by atoms with Gasteiger partial charge in [-0.1, -0.05) is 19.9 Å². The molecule has 6 heteroatoms. The van der Waals surface area contributed by atoms with Gasteiger partial charge in [-0.25, -0.2) is 4.79 Å². The summed E-state index contributed by atoms with van der Waals surface area (Å²) in [4.78, 5) is 37.2. The zero-order valence-electron chi connectivity index (χ0n) is 12.4. The second-order valence-corrected chi connectivity index (χ2v) is 4.69. The summed E-state index contributed by atoms with van der Waals surface area (Å²) < 4.78 is 4.70. The maximum absolute atomic E-state index is 11.9. The first-order valence-electron chi connectivity index (χ1n) is 6.79. The third kappa shape index (κ3) is 5.25. The molecule has 1 aromatic rings. The van der Waals surface area contributed by atoms with E-state index in [0.29, 0.717) is 6.61 Å². The first kappa shape index (κ1) is 16.7. The molecule has 0 fully saturated rings. The van der Waals surface area contributed by atoms with E-state index in [9.17, 15) is 14.4 Å². The van der Waals surface area contributed by atoms with Crippen molar-refractivity contribution in [1.29, 1.82) is 0 Å². The summed E-state index contributed by atoms with van der Waals surface area (Å²) in [6.07, 6.45) is 4.30. The first-order chi connectivity index (χ1) is 9.95. The average Bonchev–Trinajstić information content (AvgIpc) is 2.44. The number of hydrogen-bond donors (Lipinski definition) is 2. The highest BCUT2D eigenvalue weighted by atomic mass is 16.5. The van der Waals surface area contributed by atoms with Crippen LogP contribution < -0.4 is 10.9 Å². The van der Waals surface area contributed by atoms with Crippen LogP contribution in [0.5, 0.6) is 0 Å².